The second kappa shape index (κ2) is 4.23. The number of hydrogen-bond donors (Lipinski definition) is 2. The Balaban J connectivity index is 2.23. The fourth-order valence-electron chi connectivity index (χ4n) is 1.60. The fourth-order valence-corrected chi connectivity index (χ4v) is 1.60. The number of aromatic hydroxyl groups is 2. The van der Waals surface area contributed by atoms with Crippen LogP contribution in [0, 0.1) is 5.82 Å². The van der Waals surface area contributed by atoms with E-state index in [4.69, 9.17) is 0 Å². The molecule has 0 amide bonds. The molecule has 0 aromatic heterocycles. The van der Waals surface area contributed by atoms with Gasteiger partial charge in [-0.3, -0.25) is 0 Å². The molecule has 2 N–H and O–H groups in total. The molecule has 0 fully saturated rings. The van der Waals surface area contributed by atoms with Crippen molar-refractivity contribution in [1.82, 2.24) is 0 Å². The number of phenols is 2. The van der Waals surface area contributed by atoms with Crippen molar-refractivity contribution in [2.24, 2.45) is 0 Å². The Labute approximate surface area is 92.6 Å². The van der Waals surface area contributed by atoms with Crippen LogP contribution in [0.1, 0.15) is 11.1 Å². The quantitative estimate of drug-likeness (QED) is 0.813. The predicted octanol–water partition coefficient (Wildman–Crippen LogP) is 2.83. The molecule has 0 unspecified atom stereocenters. The van der Waals surface area contributed by atoms with Gasteiger partial charge >= 0.3 is 0 Å². The normalized spacial score (nSPS) is 10.3. The SMILES string of the molecule is Oc1cc(O)cc(Cc2ccc(F)cc2)c1. The van der Waals surface area contributed by atoms with Crippen LogP contribution in [0.4, 0.5) is 4.39 Å². The van der Waals surface area contributed by atoms with Crippen molar-refractivity contribution in [3.63, 3.8) is 0 Å². The van der Waals surface area contributed by atoms with Gasteiger partial charge < -0.3 is 10.2 Å². The highest BCUT2D eigenvalue weighted by Crippen LogP contribution is 2.22. The summed E-state index contributed by atoms with van der Waals surface area (Å²) in [6.07, 6.45) is 0.544. The van der Waals surface area contributed by atoms with Gasteiger partial charge in [0.05, 0.1) is 0 Å². The summed E-state index contributed by atoms with van der Waals surface area (Å²) in [4.78, 5) is 0. The van der Waals surface area contributed by atoms with Crippen LogP contribution in [0.5, 0.6) is 11.5 Å². The molecular weight excluding hydrogens is 207 g/mol. The molecule has 2 aromatic rings. The van der Waals surface area contributed by atoms with Crippen LogP contribution in [-0.4, -0.2) is 10.2 Å². The molecule has 0 spiro atoms. The van der Waals surface area contributed by atoms with Crippen molar-refractivity contribution >= 4 is 0 Å². The second-order valence-corrected chi connectivity index (χ2v) is 3.66. The van der Waals surface area contributed by atoms with E-state index < -0.39 is 0 Å². The lowest BCUT2D eigenvalue weighted by molar-refractivity contribution is 0.449. The number of rotatable bonds is 2. The molecule has 0 bridgehead atoms. The van der Waals surface area contributed by atoms with Gasteiger partial charge in [0.2, 0.25) is 0 Å². The predicted molar refractivity (Wildman–Crippen MR) is 59.0 cm³/mol. The number of hydrogen-bond acceptors (Lipinski definition) is 2. The minimum absolute atomic E-state index is 0.0251. The van der Waals surface area contributed by atoms with E-state index in [9.17, 15) is 14.6 Å². The molecule has 0 saturated carbocycles. The van der Waals surface area contributed by atoms with Crippen LogP contribution < -0.4 is 0 Å². The maximum Gasteiger partial charge on any atom is 0.123 e. The van der Waals surface area contributed by atoms with Gasteiger partial charge in [-0.05, 0) is 41.8 Å². The summed E-state index contributed by atoms with van der Waals surface area (Å²) >= 11 is 0. The van der Waals surface area contributed by atoms with Crippen LogP contribution in [0.25, 0.3) is 0 Å². The summed E-state index contributed by atoms with van der Waals surface area (Å²) in [7, 11) is 0. The van der Waals surface area contributed by atoms with Gasteiger partial charge in [0.1, 0.15) is 17.3 Å². The molecular formula is C13H11FO2. The van der Waals surface area contributed by atoms with Gasteiger partial charge in [-0.1, -0.05) is 12.1 Å². The van der Waals surface area contributed by atoms with Crippen LogP contribution >= 0.6 is 0 Å². The Morgan fingerprint density at radius 2 is 1.38 bits per heavy atom. The third kappa shape index (κ3) is 2.51. The summed E-state index contributed by atoms with van der Waals surface area (Å²) in [5.41, 5.74) is 1.70. The first-order chi connectivity index (χ1) is 7.63. The molecule has 0 aliphatic heterocycles. The third-order valence-electron chi connectivity index (χ3n) is 2.28. The molecule has 82 valence electrons. The highest BCUT2D eigenvalue weighted by Gasteiger charge is 2.01. The molecule has 0 aliphatic carbocycles. The van der Waals surface area contributed by atoms with E-state index in [2.05, 4.69) is 0 Å². The zero-order chi connectivity index (χ0) is 11.5. The van der Waals surface area contributed by atoms with Crippen molar-refractivity contribution in [2.75, 3.05) is 0 Å². The Morgan fingerprint density at radius 1 is 0.812 bits per heavy atom. The molecule has 2 nitrogen and oxygen atoms in total. The van der Waals surface area contributed by atoms with E-state index in [-0.39, 0.29) is 17.3 Å². The molecule has 3 heteroatoms. The van der Waals surface area contributed by atoms with E-state index in [1.165, 1.54) is 18.2 Å². The number of benzene rings is 2. The average molecular weight is 218 g/mol. The average Bonchev–Trinajstić information content (AvgIpc) is 2.20. The lowest BCUT2D eigenvalue weighted by atomic mass is 10.0. The van der Waals surface area contributed by atoms with Crippen molar-refractivity contribution in [3.8, 4) is 11.5 Å². The summed E-state index contributed by atoms with van der Waals surface area (Å²) in [6.45, 7) is 0. The van der Waals surface area contributed by atoms with E-state index in [0.717, 1.165) is 11.1 Å². The molecule has 0 aliphatic rings. The molecule has 0 heterocycles. The third-order valence-corrected chi connectivity index (χ3v) is 2.28. The van der Waals surface area contributed by atoms with Gasteiger partial charge in [0.25, 0.3) is 0 Å². The smallest absolute Gasteiger partial charge is 0.123 e. The first-order valence-electron chi connectivity index (χ1n) is 4.90. The summed E-state index contributed by atoms with van der Waals surface area (Å²) in [5.74, 6) is -0.225. The molecule has 0 saturated heterocycles. The summed E-state index contributed by atoms with van der Waals surface area (Å²) in [5, 5.41) is 18.6. The number of phenolic OH excluding ortho intramolecular Hbond substituents is 2. The van der Waals surface area contributed by atoms with E-state index >= 15 is 0 Å². The molecule has 0 radical (unpaired) electrons. The maximum absolute atomic E-state index is 12.7. The molecule has 2 aromatic carbocycles. The Hall–Kier alpha value is -2.03. The lowest BCUT2D eigenvalue weighted by Gasteiger charge is -2.03. The zero-order valence-electron chi connectivity index (χ0n) is 8.52. The van der Waals surface area contributed by atoms with Gasteiger partial charge in [-0.15, -0.1) is 0 Å². The van der Waals surface area contributed by atoms with Crippen molar-refractivity contribution in [2.45, 2.75) is 6.42 Å². The van der Waals surface area contributed by atoms with Crippen molar-refractivity contribution in [1.29, 1.82) is 0 Å². The summed E-state index contributed by atoms with van der Waals surface area (Å²) < 4.78 is 12.7. The highest BCUT2D eigenvalue weighted by atomic mass is 19.1. The van der Waals surface area contributed by atoms with Gasteiger partial charge in [-0.25, -0.2) is 4.39 Å². The van der Waals surface area contributed by atoms with Gasteiger partial charge in [0, 0.05) is 6.07 Å². The number of halogens is 1. The van der Waals surface area contributed by atoms with Crippen molar-refractivity contribution in [3.05, 3.63) is 59.4 Å². The van der Waals surface area contributed by atoms with E-state index in [0.29, 0.717) is 6.42 Å². The minimum Gasteiger partial charge on any atom is -0.508 e. The topological polar surface area (TPSA) is 40.5 Å². The molecule has 2 rings (SSSR count). The van der Waals surface area contributed by atoms with Crippen LogP contribution in [0.2, 0.25) is 0 Å². The van der Waals surface area contributed by atoms with Crippen LogP contribution in [0.3, 0.4) is 0 Å². The van der Waals surface area contributed by atoms with Crippen molar-refractivity contribution < 1.29 is 14.6 Å². The molecule has 0 atom stereocenters. The van der Waals surface area contributed by atoms with Gasteiger partial charge in [-0.2, -0.15) is 0 Å². The van der Waals surface area contributed by atoms with Gasteiger partial charge in [0.15, 0.2) is 0 Å². The van der Waals surface area contributed by atoms with E-state index in [1.54, 1.807) is 24.3 Å². The monoisotopic (exact) mass is 218 g/mol. The standard InChI is InChI=1S/C13H11FO2/c14-11-3-1-9(2-4-11)5-10-6-12(15)8-13(16)7-10/h1-4,6-8,15-16H,5H2. The van der Waals surface area contributed by atoms with E-state index in [1.807, 2.05) is 0 Å². The Morgan fingerprint density at radius 3 is 1.94 bits per heavy atom. The minimum atomic E-state index is -0.275. The lowest BCUT2D eigenvalue weighted by Crippen LogP contribution is -1.88. The second-order valence-electron chi connectivity index (χ2n) is 3.66. The highest BCUT2D eigenvalue weighted by molar-refractivity contribution is 5.39. The largest absolute Gasteiger partial charge is 0.508 e. The van der Waals surface area contributed by atoms with Crippen LogP contribution in [-0.2, 0) is 6.42 Å². The maximum atomic E-state index is 12.7. The first-order valence-corrected chi connectivity index (χ1v) is 4.90. The zero-order valence-corrected chi connectivity index (χ0v) is 8.52. The fraction of sp³-hybridized carbons (Fsp3) is 0.0769. The van der Waals surface area contributed by atoms with Crippen LogP contribution in [0.15, 0.2) is 42.5 Å². The first kappa shape index (κ1) is 10.5. The Kier molecular flexibility index (Phi) is 2.77. The Bertz CT molecular complexity index is 472. The molecule has 16 heavy (non-hydrogen) atoms. The summed E-state index contributed by atoms with van der Waals surface area (Å²) in [6, 6.07) is 10.5.